The van der Waals surface area contributed by atoms with Crippen LogP contribution in [0.5, 0.6) is 0 Å². The van der Waals surface area contributed by atoms with E-state index in [0.29, 0.717) is 18.9 Å². The molecule has 2 rings (SSSR count). The lowest BCUT2D eigenvalue weighted by molar-refractivity contribution is -0.122. The molecule has 0 spiro atoms. The molecule has 122 valence electrons. The van der Waals surface area contributed by atoms with Crippen molar-refractivity contribution in [2.24, 2.45) is 11.7 Å². The molecule has 1 aromatic rings. The van der Waals surface area contributed by atoms with E-state index in [1.54, 1.807) is 7.11 Å². The maximum absolute atomic E-state index is 12.1. The number of rotatable bonds is 6. The van der Waals surface area contributed by atoms with E-state index in [0.717, 1.165) is 24.8 Å². The Balaban J connectivity index is 2.17. The molecule has 4 heteroatoms. The predicted molar refractivity (Wildman–Crippen MR) is 88.5 cm³/mol. The summed E-state index contributed by atoms with van der Waals surface area (Å²) >= 11 is 0. The number of aryl methyl sites for hydroxylation is 1. The molecular formula is C18H28N2O2. The van der Waals surface area contributed by atoms with Crippen LogP contribution in [0.3, 0.4) is 0 Å². The highest BCUT2D eigenvalue weighted by Gasteiger charge is 2.23. The Kier molecular flexibility index (Phi) is 5.98. The summed E-state index contributed by atoms with van der Waals surface area (Å²) in [4.78, 5) is 12.1. The second-order valence-electron chi connectivity index (χ2n) is 6.63. The average molecular weight is 304 g/mol. The lowest BCUT2D eigenvalue weighted by atomic mass is 9.85. The first kappa shape index (κ1) is 17.0. The first-order chi connectivity index (χ1) is 10.5. The van der Waals surface area contributed by atoms with Crippen LogP contribution >= 0.6 is 0 Å². The first-order valence-electron chi connectivity index (χ1n) is 8.17. The molecule has 1 aromatic carbocycles. The molecule has 1 amide bonds. The number of nitrogens with one attached hydrogen (secondary N) is 1. The summed E-state index contributed by atoms with van der Waals surface area (Å²) in [6, 6.07) is 6.38. The Morgan fingerprint density at radius 2 is 2.23 bits per heavy atom. The van der Waals surface area contributed by atoms with Crippen molar-refractivity contribution in [3.8, 4) is 0 Å². The number of methoxy groups -OCH3 is 1. The van der Waals surface area contributed by atoms with Crippen LogP contribution in [-0.2, 0) is 16.0 Å². The van der Waals surface area contributed by atoms with E-state index in [1.165, 1.54) is 11.1 Å². The second kappa shape index (κ2) is 7.75. The van der Waals surface area contributed by atoms with Crippen LogP contribution in [0.2, 0.25) is 0 Å². The highest BCUT2D eigenvalue weighted by molar-refractivity contribution is 5.76. The summed E-state index contributed by atoms with van der Waals surface area (Å²) in [5, 5.41) is 3.19. The predicted octanol–water partition coefficient (Wildman–Crippen LogP) is 2.87. The summed E-state index contributed by atoms with van der Waals surface area (Å²) in [7, 11) is 1.66. The molecule has 0 saturated heterocycles. The zero-order valence-electron chi connectivity index (χ0n) is 13.9. The lowest BCUT2D eigenvalue weighted by Gasteiger charge is -2.28. The van der Waals surface area contributed by atoms with Crippen molar-refractivity contribution in [1.29, 1.82) is 0 Å². The van der Waals surface area contributed by atoms with Gasteiger partial charge in [-0.3, -0.25) is 4.79 Å². The van der Waals surface area contributed by atoms with E-state index in [-0.39, 0.29) is 18.0 Å². The number of amides is 1. The normalized spacial score (nSPS) is 18.9. The van der Waals surface area contributed by atoms with E-state index < -0.39 is 0 Å². The third kappa shape index (κ3) is 4.31. The molecule has 0 aliphatic heterocycles. The van der Waals surface area contributed by atoms with E-state index in [2.05, 4.69) is 37.4 Å². The molecule has 0 heterocycles. The molecule has 0 bridgehead atoms. The molecule has 2 unspecified atom stereocenters. The fourth-order valence-electron chi connectivity index (χ4n) is 3.10. The zero-order valence-corrected chi connectivity index (χ0v) is 13.9. The highest BCUT2D eigenvalue weighted by atomic mass is 16.5. The van der Waals surface area contributed by atoms with E-state index >= 15 is 0 Å². The van der Waals surface area contributed by atoms with Crippen molar-refractivity contribution in [1.82, 2.24) is 5.32 Å². The van der Waals surface area contributed by atoms with Gasteiger partial charge < -0.3 is 15.8 Å². The topological polar surface area (TPSA) is 64.3 Å². The van der Waals surface area contributed by atoms with Crippen molar-refractivity contribution in [3.05, 3.63) is 34.9 Å². The molecule has 3 N–H and O–H groups in total. The summed E-state index contributed by atoms with van der Waals surface area (Å²) in [5.74, 6) is 0.518. The Morgan fingerprint density at radius 1 is 1.45 bits per heavy atom. The minimum atomic E-state index is -0.121. The monoisotopic (exact) mass is 304 g/mol. The lowest BCUT2D eigenvalue weighted by Crippen LogP contribution is -2.32. The maximum Gasteiger partial charge on any atom is 0.220 e. The molecule has 0 fully saturated rings. The number of carbonyl (C=O) groups excluding carboxylic acids is 1. The van der Waals surface area contributed by atoms with Crippen LogP contribution in [0.1, 0.15) is 61.9 Å². The summed E-state index contributed by atoms with van der Waals surface area (Å²) < 4.78 is 5.14. The summed E-state index contributed by atoms with van der Waals surface area (Å²) in [6.45, 7) is 4.63. The smallest absolute Gasteiger partial charge is 0.220 e. The quantitative estimate of drug-likeness (QED) is 0.849. The van der Waals surface area contributed by atoms with Gasteiger partial charge in [0.15, 0.2) is 0 Å². The van der Waals surface area contributed by atoms with Gasteiger partial charge in [-0.25, -0.2) is 0 Å². The van der Waals surface area contributed by atoms with Crippen LogP contribution in [0, 0.1) is 5.92 Å². The highest BCUT2D eigenvalue weighted by Crippen LogP contribution is 2.31. The van der Waals surface area contributed by atoms with Crippen LogP contribution in [0.15, 0.2) is 18.2 Å². The van der Waals surface area contributed by atoms with Gasteiger partial charge in [0.2, 0.25) is 5.91 Å². The Hall–Kier alpha value is -1.39. The van der Waals surface area contributed by atoms with E-state index in [4.69, 9.17) is 10.5 Å². The number of nitrogens with two attached hydrogens (primary N) is 1. The average Bonchev–Trinajstić information content (AvgIpc) is 2.46. The van der Waals surface area contributed by atoms with Gasteiger partial charge in [0.05, 0.1) is 18.7 Å². The van der Waals surface area contributed by atoms with E-state index in [9.17, 15) is 4.79 Å². The third-order valence-electron chi connectivity index (χ3n) is 4.19. The largest absolute Gasteiger partial charge is 0.383 e. The fraction of sp³-hybridized carbons (Fsp3) is 0.611. The Bertz CT molecular complexity index is 514. The van der Waals surface area contributed by atoms with E-state index in [1.807, 2.05) is 0 Å². The van der Waals surface area contributed by atoms with Crippen molar-refractivity contribution in [2.45, 2.75) is 51.6 Å². The molecule has 1 aliphatic rings. The van der Waals surface area contributed by atoms with Gasteiger partial charge in [0, 0.05) is 13.5 Å². The molecule has 1 aliphatic carbocycles. The van der Waals surface area contributed by atoms with Crippen molar-refractivity contribution in [2.75, 3.05) is 13.7 Å². The van der Waals surface area contributed by atoms with Gasteiger partial charge in [-0.2, -0.15) is 0 Å². The number of fused-ring (bicyclic) bond motifs is 1. The molecular weight excluding hydrogens is 276 g/mol. The minimum Gasteiger partial charge on any atom is -0.383 e. The third-order valence-corrected chi connectivity index (χ3v) is 4.19. The summed E-state index contributed by atoms with van der Waals surface area (Å²) in [6.07, 6.45) is 3.77. The number of carbonyl (C=O) groups is 1. The molecule has 4 nitrogen and oxygen atoms in total. The number of hydrogen-bond donors (Lipinski definition) is 2. The number of ether oxygens (including phenoxy) is 1. The van der Waals surface area contributed by atoms with Gasteiger partial charge in [-0.1, -0.05) is 32.0 Å². The second-order valence-corrected chi connectivity index (χ2v) is 6.63. The minimum absolute atomic E-state index is 0.115. The first-order valence-corrected chi connectivity index (χ1v) is 8.17. The number of hydrogen-bond acceptors (Lipinski definition) is 3. The number of benzene rings is 1. The SMILES string of the molecule is COCC(N)c1ccc2c(c1)C(NC(=O)CC(C)C)CCC2. The van der Waals surface area contributed by atoms with Gasteiger partial charge in [0.25, 0.3) is 0 Å². The molecule has 0 aromatic heterocycles. The van der Waals surface area contributed by atoms with Crippen molar-refractivity contribution < 1.29 is 9.53 Å². The standard InChI is InChI=1S/C18H28N2O2/c1-12(2)9-18(21)20-17-6-4-5-13-7-8-14(10-15(13)17)16(19)11-22-3/h7-8,10,12,16-17H,4-6,9,11,19H2,1-3H3,(H,20,21). The molecule has 0 saturated carbocycles. The summed E-state index contributed by atoms with van der Waals surface area (Å²) in [5.41, 5.74) is 9.77. The maximum atomic E-state index is 12.1. The van der Waals surface area contributed by atoms with Crippen molar-refractivity contribution in [3.63, 3.8) is 0 Å². The van der Waals surface area contributed by atoms with Crippen molar-refractivity contribution >= 4 is 5.91 Å². The van der Waals surface area contributed by atoms with Crippen LogP contribution < -0.4 is 11.1 Å². The van der Waals surface area contributed by atoms with Gasteiger partial charge in [0.1, 0.15) is 0 Å². The van der Waals surface area contributed by atoms with Gasteiger partial charge in [-0.05, 0) is 41.9 Å². The fourth-order valence-corrected chi connectivity index (χ4v) is 3.10. The van der Waals surface area contributed by atoms with Crippen LogP contribution in [-0.4, -0.2) is 19.6 Å². The van der Waals surface area contributed by atoms with Gasteiger partial charge in [-0.15, -0.1) is 0 Å². The zero-order chi connectivity index (χ0) is 16.1. The molecule has 22 heavy (non-hydrogen) atoms. The van der Waals surface area contributed by atoms with Crippen LogP contribution in [0.4, 0.5) is 0 Å². The Labute approximate surface area is 133 Å². The van der Waals surface area contributed by atoms with Gasteiger partial charge >= 0.3 is 0 Å². The Morgan fingerprint density at radius 3 is 2.91 bits per heavy atom. The van der Waals surface area contributed by atoms with Crippen LogP contribution in [0.25, 0.3) is 0 Å². The molecule has 2 atom stereocenters. The molecule has 0 radical (unpaired) electrons.